The van der Waals surface area contributed by atoms with E-state index in [1.54, 1.807) is 6.20 Å². The van der Waals surface area contributed by atoms with Crippen LogP contribution >= 0.6 is 0 Å². The zero-order chi connectivity index (χ0) is 15.8. The number of aryl methyl sites for hydroxylation is 1. The Morgan fingerprint density at radius 3 is 2.82 bits per heavy atom. The van der Waals surface area contributed by atoms with E-state index in [0.717, 1.165) is 30.7 Å². The number of aromatic nitrogens is 3. The SMILES string of the molecule is CCCCc1cc(=O)n(CC(=O)NCc2ccccn2)cn1. The molecule has 1 amide bonds. The van der Waals surface area contributed by atoms with Gasteiger partial charge >= 0.3 is 0 Å². The van der Waals surface area contributed by atoms with E-state index in [2.05, 4.69) is 22.2 Å². The highest BCUT2D eigenvalue weighted by Crippen LogP contribution is 1.98. The molecule has 0 atom stereocenters. The maximum absolute atomic E-state index is 11.9. The van der Waals surface area contributed by atoms with E-state index in [4.69, 9.17) is 0 Å². The summed E-state index contributed by atoms with van der Waals surface area (Å²) in [5, 5.41) is 2.73. The predicted octanol–water partition coefficient (Wildman–Crippen LogP) is 1.30. The molecule has 6 nitrogen and oxygen atoms in total. The van der Waals surface area contributed by atoms with Crippen molar-refractivity contribution in [2.75, 3.05) is 0 Å². The molecule has 2 heterocycles. The molecule has 0 aliphatic carbocycles. The Morgan fingerprint density at radius 2 is 2.14 bits per heavy atom. The monoisotopic (exact) mass is 300 g/mol. The lowest BCUT2D eigenvalue weighted by Gasteiger charge is -2.07. The first-order valence-electron chi connectivity index (χ1n) is 7.41. The van der Waals surface area contributed by atoms with E-state index in [0.29, 0.717) is 6.54 Å². The van der Waals surface area contributed by atoms with Crippen LogP contribution in [-0.4, -0.2) is 20.4 Å². The minimum Gasteiger partial charge on any atom is -0.349 e. The van der Waals surface area contributed by atoms with Crippen LogP contribution in [0.4, 0.5) is 0 Å². The van der Waals surface area contributed by atoms with E-state index in [1.807, 2.05) is 18.2 Å². The van der Waals surface area contributed by atoms with Crippen LogP contribution in [0.5, 0.6) is 0 Å². The fourth-order valence-electron chi connectivity index (χ4n) is 1.98. The number of rotatable bonds is 7. The number of nitrogens with zero attached hydrogens (tertiary/aromatic N) is 3. The summed E-state index contributed by atoms with van der Waals surface area (Å²) >= 11 is 0. The molecule has 0 unspecified atom stereocenters. The van der Waals surface area contributed by atoms with Crippen LogP contribution in [0.3, 0.4) is 0 Å². The Balaban J connectivity index is 1.90. The Bertz CT molecular complexity index is 667. The lowest BCUT2D eigenvalue weighted by molar-refractivity contribution is -0.121. The van der Waals surface area contributed by atoms with E-state index < -0.39 is 0 Å². The van der Waals surface area contributed by atoms with Gasteiger partial charge in [-0.3, -0.25) is 19.1 Å². The number of hydrogen-bond donors (Lipinski definition) is 1. The number of pyridine rings is 1. The second-order valence-corrected chi connectivity index (χ2v) is 5.05. The number of nitrogens with one attached hydrogen (secondary N) is 1. The summed E-state index contributed by atoms with van der Waals surface area (Å²) in [6.45, 7) is 2.40. The quantitative estimate of drug-likeness (QED) is 0.836. The second-order valence-electron chi connectivity index (χ2n) is 5.05. The summed E-state index contributed by atoms with van der Waals surface area (Å²) < 4.78 is 1.31. The van der Waals surface area contributed by atoms with Crippen LogP contribution < -0.4 is 10.9 Å². The molecule has 0 bridgehead atoms. The van der Waals surface area contributed by atoms with Gasteiger partial charge in [0.2, 0.25) is 5.91 Å². The van der Waals surface area contributed by atoms with Crippen molar-refractivity contribution in [2.45, 2.75) is 39.3 Å². The van der Waals surface area contributed by atoms with Gasteiger partial charge in [-0.15, -0.1) is 0 Å². The molecule has 2 aromatic heterocycles. The van der Waals surface area contributed by atoms with Crippen molar-refractivity contribution in [3.8, 4) is 0 Å². The van der Waals surface area contributed by atoms with Crippen LogP contribution in [0, 0.1) is 0 Å². The molecule has 0 aromatic carbocycles. The van der Waals surface area contributed by atoms with Crippen LogP contribution in [0.1, 0.15) is 31.2 Å². The molecular weight excluding hydrogens is 280 g/mol. The number of hydrogen-bond acceptors (Lipinski definition) is 4. The normalized spacial score (nSPS) is 10.4. The molecule has 0 aliphatic heterocycles. The summed E-state index contributed by atoms with van der Waals surface area (Å²) in [5.41, 5.74) is 1.35. The van der Waals surface area contributed by atoms with Gasteiger partial charge in [-0.25, -0.2) is 4.98 Å². The molecule has 116 valence electrons. The molecule has 0 saturated heterocycles. The zero-order valence-corrected chi connectivity index (χ0v) is 12.7. The Morgan fingerprint density at radius 1 is 1.27 bits per heavy atom. The highest BCUT2D eigenvalue weighted by atomic mass is 16.2. The van der Waals surface area contributed by atoms with E-state index in [9.17, 15) is 9.59 Å². The Kier molecular flexibility index (Phi) is 5.82. The third-order valence-corrected chi connectivity index (χ3v) is 3.23. The first kappa shape index (κ1) is 15.9. The molecule has 22 heavy (non-hydrogen) atoms. The number of carbonyl (C=O) groups excluding carboxylic acids is 1. The fraction of sp³-hybridized carbons (Fsp3) is 0.375. The van der Waals surface area contributed by atoms with Gasteiger partial charge in [-0.05, 0) is 25.0 Å². The molecule has 2 rings (SSSR count). The van der Waals surface area contributed by atoms with E-state index >= 15 is 0 Å². The first-order valence-corrected chi connectivity index (χ1v) is 7.41. The number of amides is 1. The third-order valence-electron chi connectivity index (χ3n) is 3.23. The fourth-order valence-corrected chi connectivity index (χ4v) is 1.98. The van der Waals surface area contributed by atoms with Crippen molar-refractivity contribution in [3.05, 3.63) is 58.5 Å². The maximum Gasteiger partial charge on any atom is 0.253 e. The Labute approximate surface area is 129 Å². The van der Waals surface area contributed by atoms with Crippen molar-refractivity contribution in [3.63, 3.8) is 0 Å². The molecule has 6 heteroatoms. The molecular formula is C16H20N4O2. The molecule has 0 radical (unpaired) electrons. The third kappa shape index (κ3) is 4.80. The first-order chi connectivity index (χ1) is 10.7. The Hall–Kier alpha value is -2.50. The summed E-state index contributed by atoms with van der Waals surface area (Å²) in [4.78, 5) is 32.2. The lowest BCUT2D eigenvalue weighted by Crippen LogP contribution is -2.32. The van der Waals surface area contributed by atoms with Gasteiger partial charge in [0.1, 0.15) is 6.54 Å². The average molecular weight is 300 g/mol. The molecule has 1 N–H and O–H groups in total. The molecule has 0 aliphatic rings. The standard InChI is InChI=1S/C16H20N4O2/c1-2-3-6-13-9-16(22)20(12-19-13)11-15(21)18-10-14-7-4-5-8-17-14/h4-5,7-9,12H,2-3,6,10-11H2,1H3,(H,18,21). The van der Waals surface area contributed by atoms with Crippen LogP contribution in [0.25, 0.3) is 0 Å². The number of carbonyl (C=O) groups is 1. The van der Waals surface area contributed by atoms with Gasteiger partial charge in [0, 0.05) is 18.0 Å². The van der Waals surface area contributed by atoms with Gasteiger partial charge in [-0.1, -0.05) is 19.4 Å². The smallest absolute Gasteiger partial charge is 0.253 e. The number of unbranched alkanes of at least 4 members (excludes halogenated alkanes) is 1. The zero-order valence-electron chi connectivity index (χ0n) is 12.7. The molecule has 0 spiro atoms. The van der Waals surface area contributed by atoms with Crippen molar-refractivity contribution >= 4 is 5.91 Å². The predicted molar refractivity (Wildman–Crippen MR) is 83.2 cm³/mol. The van der Waals surface area contributed by atoms with E-state index in [-0.39, 0.29) is 18.0 Å². The second kappa shape index (κ2) is 8.07. The van der Waals surface area contributed by atoms with E-state index in [1.165, 1.54) is 17.0 Å². The minimum absolute atomic E-state index is 0.0350. The highest BCUT2D eigenvalue weighted by Gasteiger charge is 2.06. The van der Waals surface area contributed by atoms with Crippen LogP contribution in [0.15, 0.2) is 41.6 Å². The van der Waals surface area contributed by atoms with Crippen molar-refractivity contribution < 1.29 is 4.79 Å². The highest BCUT2D eigenvalue weighted by molar-refractivity contribution is 5.75. The van der Waals surface area contributed by atoms with Gasteiger partial charge in [0.05, 0.1) is 18.6 Å². The van der Waals surface area contributed by atoms with Crippen molar-refractivity contribution in [1.82, 2.24) is 19.9 Å². The lowest BCUT2D eigenvalue weighted by atomic mass is 10.2. The van der Waals surface area contributed by atoms with Gasteiger partial charge in [0.25, 0.3) is 5.56 Å². The van der Waals surface area contributed by atoms with Gasteiger partial charge < -0.3 is 5.32 Å². The largest absolute Gasteiger partial charge is 0.349 e. The summed E-state index contributed by atoms with van der Waals surface area (Å²) in [5.74, 6) is -0.240. The summed E-state index contributed by atoms with van der Waals surface area (Å²) in [7, 11) is 0. The van der Waals surface area contributed by atoms with Crippen LogP contribution in [-0.2, 0) is 24.3 Å². The van der Waals surface area contributed by atoms with Crippen molar-refractivity contribution in [2.24, 2.45) is 0 Å². The average Bonchev–Trinajstić information content (AvgIpc) is 2.54. The van der Waals surface area contributed by atoms with Crippen molar-refractivity contribution in [1.29, 1.82) is 0 Å². The molecule has 0 saturated carbocycles. The van der Waals surface area contributed by atoms with Crippen LogP contribution in [0.2, 0.25) is 0 Å². The summed E-state index contributed by atoms with van der Waals surface area (Å²) in [6, 6.07) is 7.01. The minimum atomic E-state index is -0.240. The van der Waals surface area contributed by atoms with Gasteiger partial charge in [0.15, 0.2) is 0 Å². The topological polar surface area (TPSA) is 76.9 Å². The summed E-state index contributed by atoms with van der Waals surface area (Å²) in [6.07, 6.45) is 5.96. The molecule has 0 fully saturated rings. The molecule has 2 aromatic rings. The van der Waals surface area contributed by atoms with Gasteiger partial charge in [-0.2, -0.15) is 0 Å². The maximum atomic E-state index is 11.9.